The normalized spacial score (nSPS) is 46.5. The van der Waals surface area contributed by atoms with Gasteiger partial charge in [-0.3, -0.25) is 10.5 Å². The molecule has 0 aromatic carbocycles. The number of hydrogen-bond acceptors (Lipinski definition) is 8. The van der Waals surface area contributed by atoms with Crippen molar-refractivity contribution < 1.29 is 40.4 Å². The maximum atomic E-state index is 14.2. The Hall–Kier alpha value is -0.910. The summed E-state index contributed by atoms with van der Waals surface area (Å²) in [6, 6.07) is 0. The van der Waals surface area contributed by atoms with E-state index < -0.39 is 45.9 Å². The fraction of sp³-hybridized carbons (Fsp3) is 0.929. The Kier molecular flexibility index (Phi) is 10.3. The van der Waals surface area contributed by atoms with Gasteiger partial charge >= 0.3 is 0 Å². The fourth-order valence-electron chi connectivity index (χ4n) is 13.8. The molecule has 0 spiro atoms. The summed E-state index contributed by atoms with van der Waals surface area (Å²) in [5.74, 6) is 0.624. The highest BCUT2D eigenvalue weighted by Crippen LogP contribution is 2.72. The van der Waals surface area contributed by atoms with Crippen LogP contribution < -0.4 is 11.1 Å². The molecule has 14 atom stereocenters. The zero-order chi connectivity index (χ0) is 36.6. The molecule has 9 N–H and O–H groups in total. The van der Waals surface area contributed by atoms with Gasteiger partial charge in [0.05, 0.1) is 36.1 Å². The van der Waals surface area contributed by atoms with Gasteiger partial charge in [-0.25, -0.2) is 0 Å². The molecular weight excluding hydrogens is 644 g/mol. The maximum Gasteiger partial charge on any atom is 0.159 e. The van der Waals surface area contributed by atoms with Gasteiger partial charge in [-0.2, -0.15) is 0 Å². The van der Waals surface area contributed by atoms with Crippen LogP contribution in [0.1, 0.15) is 143 Å². The largest absolute Gasteiger partial charge is 0.396 e. The minimum Gasteiger partial charge on any atom is -0.396 e. The van der Waals surface area contributed by atoms with Gasteiger partial charge in [0.1, 0.15) is 18.4 Å². The van der Waals surface area contributed by atoms with Crippen LogP contribution in [0.4, 0.5) is 0 Å². The summed E-state index contributed by atoms with van der Waals surface area (Å²) >= 11 is 0. The number of carbonyl (C=O) groups excluding carboxylic acids is 1. The molecule has 0 aromatic heterocycles. The SMILES string of the molecule is CCCC(O)(C1OC1C(C)(O)C(C)(CO)CCC1CC[NH2+]C(N)C1)C1CCC2(O)C3=CC(=O)C4CC(O)CCC4(C4CCCCC4)C3CCC12C. The van der Waals surface area contributed by atoms with Gasteiger partial charge in [0, 0.05) is 23.2 Å². The number of epoxide rings is 1. The summed E-state index contributed by atoms with van der Waals surface area (Å²) in [5.41, 5.74) is 1.55. The van der Waals surface area contributed by atoms with E-state index in [1.807, 2.05) is 6.92 Å². The molecule has 5 aliphatic carbocycles. The zero-order valence-electron chi connectivity index (χ0n) is 32.1. The lowest BCUT2D eigenvalue weighted by molar-refractivity contribution is -0.699. The van der Waals surface area contributed by atoms with Gasteiger partial charge in [-0.05, 0) is 131 Å². The average Bonchev–Trinajstić information content (AvgIpc) is 3.88. The van der Waals surface area contributed by atoms with E-state index in [0.717, 1.165) is 76.3 Å². The molecule has 2 aliphatic heterocycles. The Morgan fingerprint density at radius 1 is 0.961 bits per heavy atom. The quantitative estimate of drug-likeness (QED) is 0.158. The van der Waals surface area contributed by atoms with Gasteiger partial charge in [0.15, 0.2) is 5.78 Å². The molecule has 0 aromatic rings. The van der Waals surface area contributed by atoms with Crippen LogP contribution in [-0.4, -0.2) is 85.7 Å². The van der Waals surface area contributed by atoms with Gasteiger partial charge in [0.25, 0.3) is 0 Å². The highest BCUT2D eigenvalue weighted by Gasteiger charge is 2.74. The van der Waals surface area contributed by atoms with E-state index in [1.165, 1.54) is 19.3 Å². The number of rotatable bonds is 11. The summed E-state index contributed by atoms with van der Waals surface area (Å²) in [6.45, 7) is 8.76. The predicted molar refractivity (Wildman–Crippen MR) is 195 cm³/mol. The fourth-order valence-corrected chi connectivity index (χ4v) is 13.8. The van der Waals surface area contributed by atoms with Crippen molar-refractivity contribution in [1.82, 2.24) is 0 Å². The first kappa shape index (κ1) is 38.4. The van der Waals surface area contributed by atoms with E-state index in [4.69, 9.17) is 10.5 Å². The first-order valence-electron chi connectivity index (χ1n) is 21.1. The van der Waals surface area contributed by atoms with Crippen molar-refractivity contribution in [2.45, 2.75) is 185 Å². The molecule has 51 heavy (non-hydrogen) atoms. The Balaban J connectivity index is 1.16. The van der Waals surface area contributed by atoms with E-state index in [1.54, 1.807) is 13.0 Å². The topological polar surface area (TPSA) is 173 Å². The Labute approximate surface area is 306 Å². The second-order valence-corrected chi connectivity index (χ2v) is 19.6. The number of nitrogens with two attached hydrogens (primary N) is 2. The van der Waals surface area contributed by atoms with Crippen molar-refractivity contribution in [2.24, 2.45) is 51.6 Å². The number of aliphatic hydroxyl groups excluding tert-OH is 2. The third-order valence-electron chi connectivity index (χ3n) is 17.2. The molecular formula is C42H71N2O7+. The number of fused-ring (bicyclic) bond motifs is 5. The van der Waals surface area contributed by atoms with Crippen LogP contribution in [0.5, 0.6) is 0 Å². The van der Waals surface area contributed by atoms with Crippen LogP contribution in [0.15, 0.2) is 11.6 Å². The maximum absolute atomic E-state index is 14.2. The van der Waals surface area contributed by atoms with E-state index in [2.05, 4.69) is 19.2 Å². The standard InChI is InChI=1S/C42H70N2O7/c1-5-16-41(49,36-35(51-36)39(4,48)37(2,25-45)17-11-26-15-21-44-34(43)22-26)33-14-20-42(50)30-24-32(47)31-23-28(46)12-19-40(31,27-9-7-6-8-10-27)29(30)13-18-38(33,42)3/h24,26-29,31,33-36,44-46,48-50H,5-23,25,43H2,1-4H3/p+1. The van der Waals surface area contributed by atoms with Gasteiger partial charge in [0.2, 0.25) is 0 Å². The lowest BCUT2D eigenvalue weighted by Crippen LogP contribution is -2.94. The summed E-state index contributed by atoms with van der Waals surface area (Å²) in [4.78, 5) is 14.2. The number of carbonyl (C=O) groups is 1. The van der Waals surface area contributed by atoms with Crippen molar-refractivity contribution in [3.8, 4) is 0 Å². The molecule has 2 saturated heterocycles. The summed E-state index contributed by atoms with van der Waals surface area (Å²) in [7, 11) is 0. The van der Waals surface area contributed by atoms with Crippen LogP contribution in [0.2, 0.25) is 0 Å². The molecule has 0 radical (unpaired) electrons. The number of allylic oxidation sites excluding steroid dienone is 1. The van der Waals surface area contributed by atoms with Gasteiger partial charge < -0.3 is 35.6 Å². The summed E-state index contributed by atoms with van der Waals surface area (Å²) in [6.07, 6.45) is 15.6. The minimum atomic E-state index is -1.38. The van der Waals surface area contributed by atoms with Gasteiger partial charge in [-0.1, -0.05) is 46.5 Å². The van der Waals surface area contributed by atoms with Crippen LogP contribution in [0, 0.1) is 45.8 Å². The first-order chi connectivity index (χ1) is 24.1. The highest BCUT2D eigenvalue weighted by molar-refractivity contribution is 5.95. The van der Waals surface area contributed by atoms with Crippen LogP contribution in [0.25, 0.3) is 0 Å². The monoisotopic (exact) mass is 716 g/mol. The van der Waals surface area contributed by atoms with Crippen LogP contribution >= 0.6 is 0 Å². The van der Waals surface area contributed by atoms with Crippen molar-refractivity contribution in [2.75, 3.05) is 13.2 Å². The molecule has 4 saturated carbocycles. The predicted octanol–water partition coefficient (Wildman–Crippen LogP) is 3.87. The van der Waals surface area contributed by atoms with Crippen molar-refractivity contribution in [3.63, 3.8) is 0 Å². The van der Waals surface area contributed by atoms with E-state index >= 15 is 0 Å². The number of ether oxygens (including phenoxy) is 1. The van der Waals surface area contributed by atoms with Crippen LogP contribution in [-0.2, 0) is 9.53 Å². The zero-order valence-corrected chi connectivity index (χ0v) is 32.1. The Morgan fingerprint density at radius 2 is 1.71 bits per heavy atom. The van der Waals surface area contributed by atoms with Crippen molar-refractivity contribution >= 4 is 5.78 Å². The minimum absolute atomic E-state index is 0.0915. The third-order valence-corrected chi connectivity index (χ3v) is 17.2. The number of aliphatic hydroxyl groups is 5. The molecule has 0 bridgehead atoms. The molecule has 6 fully saturated rings. The lowest BCUT2D eigenvalue weighted by Gasteiger charge is -2.63. The summed E-state index contributed by atoms with van der Waals surface area (Å²) in [5, 5.41) is 62.1. The third kappa shape index (κ3) is 5.88. The number of piperidine rings is 1. The van der Waals surface area contributed by atoms with E-state index in [0.29, 0.717) is 43.9 Å². The molecule has 14 unspecified atom stereocenters. The number of hydrogen-bond donors (Lipinski definition) is 7. The molecule has 2 heterocycles. The molecule has 7 aliphatic rings. The smallest absolute Gasteiger partial charge is 0.159 e. The lowest BCUT2D eigenvalue weighted by atomic mass is 9.41. The molecule has 290 valence electrons. The Morgan fingerprint density at radius 3 is 2.39 bits per heavy atom. The summed E-state index contributed by atoms with van der Waals surface area (Å²) < 4.78 is 6.42. The van der Waals surface area contributed by atoms with E-state index in [9.17, 15) is 30.3 Å². The second kappa shape index (κ2) is 13.7. The van der Waals surface area contributed by atoms with E-state index in [-0.39, 0.29) is 41.7 Å². The average molecular weight is 716 g/mol. The van der Waals surface area contributed by atoms with Crippen LogP contribution in [0.3, 0.4) is 0 Å². The van der Waals surface area contributed by atoms with Crippen molar-refractivity contribution in [3.05, 3.63) is 11.6 Å². The highest BCUT2D eigenvalue weighted by atomic mass is 16.6. The van der Waals surface area contributed by atoms with Crippen molar-refractivity contribution in [1.29, 1.82) is 0 Å². The molecule has 9 heteroatoms. The molecule has 9 nitrogen and oxygen atoms in total. The second-order valence-electron chi connectivity index (χ2n) is 19.6. The molecule has 7 rings (SSSR count). The van der Waals surface area contributed by atoms with Gasteiger partial charge in [-0.15, -0.1) is 0 Å². The number of ketones is 1. The first-order valence-corrected chi connectivity index (χ1v) is 21.1. The number of quaternary nitrogens is 1. The Bertz CT molecular complexity index is 1330. The molecule has 0 amide bonds.